The first kappa shape index (κ1) is 16.6. The van der Waals surface area contributed by atoms with E-state index >= 15 is 0 Å². The average Bonchev–Trinajstić information content (AvgIpc) is 3.01. The monoisotopic (exact) mass is 330 g/mol. The van der Waals surface area contributed by atoms with E-state index in [1.54, 1.807) is 0 Å². The maximum absolute atomic E-state index is 12.0. The summed E-state index contributed by atoms with van der Waals surface area (Å²) in [6, 6.07) is 9.77. The zero-order valence-electron chi connectivity index (χ0n) is 13.8. The fraction of sp³-hybridized carbons (Fsp3) is 0.471. The molecule has 1 N–H and O–H groups in total. The highest BCUT2D eigenvalue weighted by atomic mass is 16.5. The summed E-state index contributed by atoms with van der Waals surface area (Å²) in [6.07, 6.45) is 0.334. The molecular weight excluding hydrogens is 308 g/mol. The normalized spacial score (nSPS) is 18.5. The second kappa shape index (κ2) is 8.03. The molecule has 7 heteroatoms. The molecule has 7 nitrogen and oxygen atoms in total. The number of amides is 1. The number of hydrogen-bond donors (Lipinski definition) is 1. The number of hydrogen-bond acceptors (Lipinski definition) is 6. The van der Waals surface area contributed by atoms with Crippen molar-refractivity contribution in [2.75, 3.05) is 19.7 Å². The van der Waals surface area contributed by atoms with Gasteiger partial charge >= 0.3 is 0 Å². The van der Waals surface area contributed by atoms with E-state index in [1.165, 1.54) is 0 Å². The minimum Gasteiger partial charge on any atom is -0.376 e. The van der Waals surface area contributed by atoms with Crippen LogP contribution in [0.2, 0.25) is 0 Å². The first-order valence-corrected chi connectivity index (χ1v) is 8.15. The summed E-state index contributed by atoms with van der Waals surface area (Å²) in [4.78, 5) is 18.5. The number of benzene rings is 1. The molecule has 1 aliphatic rings. The van der Waals surface area contributed by atoms with Gasteiger partial charge in [0.1, 0.15) is 0 Å². The number of ether oxygens (including phenoxy) is 1. The molecule has 1 aliphatic heterocycles. The van der Waals surface area contributed by atoms with Gasteiger partial charge in [0.25, 0.3) is 0 Å². The number of carbonyl (C=O) groups excluding carboxylic acids is 1. The molecule has 0 spiro atoms. The van der Waals surface area contributed by atoms with Crippen molar-refractivity contribution in [1.29, 1.82) is 0 Å². The van der Waals surface area contributed by atoms with Crippen LogP contribution in [0.1, 0.15) is 24.2 Å². The fourth-order valence-electron chi connectivity index (χ4n) is 2.65. The van der Waals surface area contributed by atoms with Crippen LogP contribution in [0, 0.1) is 0 Å². The summed E-state index contributed by atoms with van der Waals surface area (Å²) in [5, 5.41) is 6.75. The van der Waals surface area contributed by atoms with Gasteiger partial charge in [-0.15, -0.1) is 0 Å². The first-order chi connectivity index (χ1) is 11.7. The summed E-state index contributed by atoms with van der Waals surface area (Å²) in [6.45, 7) is 5.53. The van der Waals surface area contributed by atoms with Crippen LogP contribution in [0.4, 0.5) is 0 Å². The Morgan fingerprint density at radius 2 is 2.21 bits per heavy atom. The van der Waals surface area contributed by atoms with Crippen LogP contribution in [0.15, 0.2) is 34.9 Å². The van der Waals surface area contributed by atoms with E-state index < -0.39 is 0 Å². The zero-order chi connectivity index (χ0) is 16.8. The molecule has 128 valence electrons. The summed E-state index contributed by atoms with van der Waals surface area (Å²) in [5.74, 6) is 0.832. The van der Waals surface area contributed by atoms with Crippen molar-refractivity contribution in [3.05, 3.63) is 47.6 Å². The minimum absolute atomic E-state index is 0.119. The van der Waals surface area contributed by atoms with Gasteiger partial charge in [0.2, 0.25) is 11.8 Å². The minimum atomic E-state index is -0.119. The van der Waals surface area contributed by atoms with Crippen molar-refractivity contribution in [3.8, 4) is 0 Å². The van der Waals surface area contributed by atoms with E-state index in [-0.39, 0.29) is 18.4 Å². The summed E-state index contributed by atoms with van der Waals surface area (Å²) < 4.78 is 10.7. The van der Waals surface area contributed by atoms with Crippen LogP contribution in [0.25, 0.3) is 0 Å². The molecule has 0 aliphatic carbocycles. The molecule has 0 radical (unpaired) electrons. The lowest BCUT2D eigenvalue weighted by Gasteiger charge is -2.29. The lowest BCUT2D eigenvalue weighted by Crippen LogP contribution is -2.40. The quantitative estimate of drug-likeness (QED) is 0.856. The second-order valence-corrected chi connectivity index (χ2v) is 5.96. The predicted molar refractivity (Wildman–Crippen MR) is 87.0 cm³/mol. The Kier molecular flexibility index (Phi) is 5.55. The Morgan fingerprint density at radius 3 is 3.00 bits per heavy atom. The van der Waals surface area contributed by atoms with Crippen molar-refractivity contribution in [1.82, 2.24) is 20.4 Å². The highest BCUT2D eigenvalue weighted by molar-refractivity contribution is 5.77. The smallest absolute Gasteiger partial charge is 0.240 e. The van der Waals surface area contributed by atoms with Crippen LogP contribution in [-0.4, -0.2) is 46.7 Å². The Balaban J connectivity index is 1.46. The van der Waals surface area contributed by atoms with Gasteiger partial charge in [-0.05, 0) is 12.5 Å². The second-order valence-electron chi connectivity index (χ2n) is 5.96. The number of aromatic nitrogens is 2. The Bertz CT molecular complexity index is 659. The molecule has 3 rings (SSSR count). The highest BCUT2D eigenvalue weighted by Crippen LogP contribution is 2.09. The van der Waals surface area contributed by atoms with Gasteiger partial charge in [0.15, 0.2) is 5.82 Å². The molecule has 1 aromatic carbocycles. The Labute approximate surface area is 141 Å². The zero-order valence-corrected chi connectivity index (χ0v) is 13.8. The van der Waals surface area contributed by atoms with Gasteiger partial charge in [-0.3, -0.25) is 9.69 Å². The van der Waals surface area contributed by atoms with Crippen LogP contribution in [-0.2, 0) is 29.0 Å². The lowest BCUT2D eigenvalue weighted by molar-refractivity contribution is -0.120. The van der Waals surface area contributed by atoms with E-state index in [4.69, 9.17) is 9.26 Å². The molecule has 0 bridgehead atoms. The molecule has 1 atom stereocenters. The topological polar surface area (TPSA) is 80.5 Å². The molecule has 1 aromatic heterocycles. The Hall–Kier alpha value is -2.25. The standard InChI is InChI=1S/C17H22N4O3/c1-13-11-21(7-8-23-13)12-17-19-15(20-24-17)9-16(22)18-10-14-5-3-2-4-6-14/h2-6,13H,7-12H2,1H3,(H,18,22)/t13-/m1/s1. The van der Waals surface area contributed by atoms with Crippen molar-refractivity contribution in [3.63, 3.8) is 0 Å². The molecule has 0 unspecified atom stereocenters. The van der Waals surface area contributed by atoms with Gasteiger partial charge in [0, 0.05) is 19.6 Å². The average molecular weight is 330 g/mol. The van der Waals surface area contributed by atoms with E-state index in [1.807, 2.05) is 37.3 Å². The third-order valence-electron chi connectivity index (χ3n) is 3.85. The van der Waals surface area contributed by atoms with E-state index in [2.05, 4.69) is 20.4 Å². The van der Waals surface area contributed by atoms with Gasteiger partial charge in [0.05, 0.1) is 25.7 Å². The number of rotatable bonds is 6. The molecule has 2 heterocycles. The van der Waals surface area contributed by atoms with Gasteiger partial charge in [-0.2, -0.15) is 4.98 Å². The van der Waals surface area contributed by atoms with Crippen LogP contribution < -0.4 is 5.32 Å². The Morgan fingerprint density at radius 1 is 1.38 bits per heavy atom. The van der Waals surface area contributed by atoms with Gasteiger partial charge in [-0.25, -0.2) is 0 Å². The first-order valence-electron chi connectivity index (χ1n) is 8.15. The number of carbonyl (C=O) groups is 1. The highest BCUT2D eigenvalue weighted by Gasteiger charge is 2.19. The number of nitrogens with zero attached hydrogens (tertiary/aromatic N) is 3. The molecule has 1 fully saturated rings. The predicted octanol–water partition coefficient (Wildman–Crippen LogP) is 1.15. The van der Waals surface area contributed by atoms with Crippen molar-refractivity contribution >= 4 is 5.91 Å². The van der Waals surface area contributed by atoms with Crippen molar-refractivity contribution < 1.29 is 14.1 Å². The van der Waals surface area contributed by atoms with Crippen molar-refractivity contribution in [2.24, 2.45) is 0 Å². The molecule has 0 saturated carbocycles. The summed E-state index contributed by atoms with van der Waals surface area (Å²) in [7, 11) is 0. The van der Waals surface area contributed by atoms with E-state index in [0.29, 0.717) is 31.4 Å². The third-order valence-corrected chi connectivity index (χ3v) is 3.85. The molecule has 1 saturated heterocycles. The SMILES string of the molecule is C[C@@H]1CN(Cc2nc(CC(=O)NCc3ccccc3)no2)CCO1. The number of nitrogens with one attached hydrogen (secondary N) is 1. The molecule has 2 aromatic rings. The summed E-state index contributed by atoms with van der Waals surface area (Å²) in [5.41, 5.74) is 1.06. The lowest BCUT2D eigenvalue weighted by atomic mass is 10.2. The molecule has 1 amide bonds. The maximum atomic E-state index is 12.0. The fourth-order valence-corrected chi connectivity index (χ4v) is 2.65. The van der Waals surface area contributed by atoms with Gasteiger partial charge < -0.3 is 14.6 Å². The molecular formula is C17H22N4O3. The summed E-state index contributed by atoms with van der Waals surface area (Å²) >= 11 is 0. The van der Waals surface area contributed by atoms with E-state index in [9.17, 15) is 4.79 Å². The van der Waals surface area contributed by atoms with Gasteiger partial charge in [-0.1, -0.05) is 35.5 Å². The van der Waals surface area contributed by atoms with Crippen LogP contribution in [0.5, 0.6) is 0 Å². The van der Waals surface area contributed by atoms with E-state index in [0.717, 1.165) is 18.7 Å². The maximum Gasteiger partial charge on any atom is 0.240 e. The van der Waals surface area contributed by atoms with Crippen molar-refractivity contribution in [2.45, 2.75) is 32.5 Å². The third kappa shape index (κ3) is 4.87. The van der Waals surface area contributed by atoms with Crippen LogP contribution in [0.3, 0.4) is 0 Å². The van der Waals surface area contributed by atoms with Crippen LogP contribution >= 0.6 is 0 Å². The largest absolute Gasteiger partial charge is 0.376 e. The number of morpholine rings is 1. The molecule has 24 heavy (non-hydrogen) atoms.